The van der Waals surface area contributed by atoms with Gasteiger partial charge in [-0.15, -0.1) is 0 Å². The van der Waals surface area contributed by atoms with Crippen LogP contribution in [0.15, 0.2) is 70.4 Å². The Bertz CT molecular complexity index is 1500. The molecule has 5 heterocycles. The highest BCUT2D eigenvalue weighted by Crippen LogP contribution is 2.58. The number of nitrogens with zero attached hydrogens (tertiary/aromatic N) is 2. The summed E-state index contributed by atoms with van der Waals surface area (Å²) in [5, 5.41) is 15.6. The summed E-state index contributed by atoms with van der Waals surface area (Å²) < 4.78 is 41.0. The molecule has 3 aromatic rings. The second kappa shape index (κ2) is 16.3. The number of anilines is 2. The Kier molecular flexibility index (Phi) is 12.2. The molecule has 4 aliphatic heterocycles. The number of para-hydroxylation sites is 2. The summed E-state index contributed by atoms with van der Waals surface area (Å²) in [7, 11) is 1.40. The monoisotopic (exact) mass is 671 g/mol. The number of nitrogens with one attached hydrogen (secondary N) is 2. The molecule has 12 nitrogen and oxygen atoms in total. The van der Waals surface area contributed by atoms with E-state index in [0.29, 0.717) is 6.61 Å². The number of benzene rings is 2. The van der Waals surface area contributed by atoms with Crippen molar-refractivity contribution in [2.75, 3.05) is 37.4 Å². The topological polar surface area (TPSA) is 148 Å². The van der Waals surface area contributed by atoms with Gasteiger partial charge in [0.15, 0.2) is 6.23 Å². The van der Waals surface area contributed by atoms with E-state index < -0.39 is 44.3 Å². The van der Waals surface area contributed by atoms with Crippen molar-refractivity contribution in [2.24, 2.45) is 0 Å². The zero-order valence-corrected chi connectivity index (χ0v) is 27.3. The van der Waals surface area contributed by atoms with E-state index in [-0.39, 0.29) is 52.6 Å². The lowest BCUT2D eigenvalue weighted by Gasteiger charge is -2.29. The molecule has 1 aromatic heterocycles. The Morgan fingerprint density at radius 2 is 1.84 bits per heavy atom. The van der Waals surface area contributed by atoms with Crippen LogP contribution in [0, 0.1) is 0 Å². The normalized spacial score (nSPS) is 27.8. The number of hydrogen-bond acceptors (Lipinski definition) is 10. The van der Waals surface area contributed by atoms with Crippen molar-refractivity contribution in [3.63, 3.8) is 0 Å². The van der Waals surface area contributed by atoms with E-state index in [1.807, 2.05) is 30.3 Å². The van der Waals surface area contributed by atoms with Crippen LogP contribution >= 0.6 is 35.5 Å². The van der Waals surface area contributed by atoms with Gasteiger partial charge in [0.1, 0.15) is 12.2 Å². The summed E-state index contributed by atoms with van der Waals surface area (Å²) in [6.07, 6.45) is 0.546. The SMILES string of the molecule is OC[C@@H]1Cc2ccccc2N1.S.S.[2H]CC1OC(n2ccc(=O)[nH]c2=O)C(OC)C1O[P@@]1OC[C@@H]2Cc3ccccc3N21.[3H]OC. The fraction of sp³-hybridized carbons (Fsp3) is 0.448. The molecular formula is C29H41N4O8PS2. The number of methoxy groups -OCH3 is 1. The van der Waals surface area contributed by atoms with Crippen LogP contribution in [-0.4, -0.2) is 79.0 Å². The molecular weight excluding hydrogens is 627 g/mol. The Hall–Kier alpha value is -2.39. The summed E-state index contributed by atoms with van der Waals surface area (Å²) in [6, 6.07) is 18.1. The Morgan fingerprint density at radius 3 is 2.52 bits per heavy atom. The van der Waals surface area contributed by atoms with Crippen LogP contribution in [-0.2, 0) is 31.4 Å². The van der Waals surface area contributed by atoms with Gasteiger partial charge >= 0.3 is 5.69 Å². The number of aliphatic hydroxyl groups excluding tert-OH is 2. The van der Waals surface area contributed by atoms with E-state index in [4.69, 9.17) is 26.4 Å². The third kappa shape index (κ3) is 7.35. The molecule has 4 aliphatic rings. The van der Waals surface area contributed by atoms with Crippen molar-refractivity contribution in [3.8, 4) is 0 Å². The molecule has 2 aromatic carbocycles. The van der Waals surface area contributed by atoms with Crippen molar-refractivity contribution in [3.05, 3.63) is 92.8 Å². The molecule has 0 spiro atoms. The van der Waals surface area contributed by atoms with Crippen LogP contribution in [0.4, 0.5) is 11.4 Å². The van der Waals surface area contributed by atoms with Crippen LogP contribution in [0.1, 0.15) is 25.6 Å². The molecule has 44 heavy (non-hydrogen) atoms. The zero-order valence-electron chi connectivity index (χ0n) is 26.4. The summed E-state index contributed by atoms with van der Waals surface area (Å²) >= 11 is 0. The summed E-state index contributed by atoms with van der Waals surface area (Å²) in [5.41, 5.74) is 3.76. The van der Waals surface area contributed by atoms with Gasteiger partial charge in [0.25, 0.3) is 14.1 Å². The van der Waals surface area contributed by atoms with E-state index in [1.165, 1.54) is 47.9 Å². The maximum absolute atomic E-state index is 12.3. The maximum Gasteiger partial charge on any atom is 0.330 e. The second-order valence-electron chi connectivity index (χ2n) is 10.1. The Morgan fingerprint density at radius 1 is 1.11 bits per heavy atom. The van der Waals surface area contributed by atoms with Gasteiger partial charge in [-0.1, -0.05) is 36.4 Å². The smallest absolute Gasteiger partial charge is 0.330 e. The van der Waals surface area contributed by atoms with Gasteiger partial charge in [-0.25, -0.2) is 4.79 Å². The van der Waals surface area contributed by atoms with E-state index in [1.54, 1.807) is 0 Å². The third-order valence-electron chi connectivity index (χ3n) is 7.55. The molecule has 2 fully saturated rings. The molecule has 4 unspecified atom stereocenters. The standard InChI is InChI=1S/C19H22N3O6P.C9H11NO.CH4O.2H2S/c1-11-16(17(25-2)18(27-11)21-8-7-15(23)20-19(21)24)28-29-22-13(10-26-29)9-12-5-3-4-6-14(12)22;11-6-8-5-7-3-1-2-4-9(7)10-8;1-2;;/h3-8,11,13,16-18H,9-10H2,1-2H3,(H,20,23,24);1-4,8,10-11H,5-6H2;2H,1H3;2*1H2/t11?,13-,16?,17?,18?,29+;8-;;;/m00.../s1/i1D;;2T;;. The number of aliphatic hydroxyl groups is 2. The first-order valence-electron chi connectivity index (χ1n) is 14.7. The average molecular weight is 672 g/mol. The predicted molar refractivity (Wildman–Crippen MR) is 179 cm³/mol. The van der Waals surface area contributed by atoms with Crippen LogP contribution in [0.2, 0.25) is 0 Å². The number of aromatic nitrogens is 2. The molecule has 7 rings (SSSR count). The summed E-state index contributed by atoms with van der Waals surface area (Å²) in [4.78, 5) is 25.9. The van der Waals surface area contributed by atoms with Gasteiger partial charge in [0.2, 0.25) is 1.43 Å². The molecule has 0 saturated carbocycles. The largest absolute Gasteiger partial charge is 0.400 e. The lowest BCUT2D eigenvalue weighted by molar-refractivity contribution is -0.0507. The van der Waals surface area contributed by atoms with Crippen LogP contribution in [0.25, 0.3) is 0 Å². The number of ether oxygens (including phenoxy) is 2. The first kappa shape index (κ1) is 33.0. The highest BCUT2D eigenvalue weighted by Gasteiger charge is 2.50. The fourth-order valence-corrected chi connectivity index (χ4v) is 7.45. The molecule has 0 aliphatic carbocycles. The zero-order chi connectivity index (χ0) is 31.2. The molecule has 4 N–H and O–H groups in total. The molecule has 15 heteroatoms. The van der Waals surface area contributed by atoms with Crippen molar-refractivity contribution >= 4 is 46.9 Å². The first-order chi connectivity index (χ1) is 21.4. The fourth-order valence-electron chi connectivity index (χ4n) is 5.62. The Labute approximate surface area is 274 Å². The molecule has 2 saturated heterocycles. The number of H-pyrrole nitrogens is 1. The highest BCUT2D eigenvalue weighted by atomic mass is 32.1. The molecule has 0 radical (unpaired) electrons. The predicted octanol–water partition coefficient (Wildman–Crippen LogP) is 2.39. The second-order valence-corrected chi connectivity index (χ2v) is 11.5. The summed E-state index contributed by atoms with van der Waals surface area (Å²) in [5.74, 6) is 0. The molecule has 242 valence electrons. The average Bonchev–Trinajstić information content (AvgIpc) is 3.79. The van der Waals surface area contributed by atoms with Crippen LogP contribution in [0.5, 0.6) is 0 Å². The molecule has 7 atom stereocenters. The van der Waals surface area contributed by atoms with E-state index in [0.717, 1.165) is 18.5 Å². The lowest BCUT2D eigenvalue weighted by Crippen LogP contribution is -2.39. The number of aromatic amines is 1. The van der Waals surface area contributed by atoms with Gasteiger partial charge in [-0.3, -0.25) is 14.3 Å². The van der Waals surface area contributed by atoms with E-state index in [2.05, 4.69) is 38.3 Å². The van der Waals surface area contributed by atoms with Gasteiger partial charge in [0.05, 0.1) is 31.4 Å². The van der Waals surface area contributed by atoms with E-state index >= 15 is 0 Å². The summed E-state index contributed by atoms with van der Waals surface area (Å²) in [6.45, 7) is 0.719. The van der Waals surface area contributed by atoms with E-state index in [9.17, 15) is 9.59 Å². The Balaban J connectivity index is 0.000000302. The molecule has 0 bridgehead atoms. The minimum absolute atomic E-state index is 0. The van der Waals surface area contributed by atoms with Gasteiger partial charge in [0, 0.05) is 39.2 Å². The van der Waals surface area contributed by atoms with Crippen molar-refractivity contribution in [1.29, 1.82) is 1.43 Å². The van der Waals surface area contributed by atoms with Crippen LogP contribution < -0.4 is 21.2 Å². The van der Waals surface area contributed by atoms with Gasteiger partial charge in [-0.2, -0.15) is 27.0 Å². The quantitative estimate of drug-likeness (QED) is 0.298. The minimum atomic E-state index is -1.40. The number of rotatable bonds is 5. The highest BCUT2D eigenvalue weighted by molar-refractivity contribution is 7.59. The first-order valence-corrected chi connectivity index (χ1v) is 14.8. The number of hydrogen-bond donors (Lipinski definition) is 4. The van der Waals surface area contributed by atoms with Crippen molar-refractivity contribution in [2.45, 2.75) is 56.4 Å². The minimum Gasteiger partial charge on any atom is -0.400 e. The lowest BCUT2D eigenvalue weighted by atomic mass is 10.1. The maximum atomic E-state index is 12.3. The molecule has 0 amide bonds. The van der Waals surface area contributed by atoms with Gasteiger partial charge in [-0.05, 0) is 43.0 Å². The van der Waals surface area contributed by atoms with Crippen molar-refractivity contribution in [1.82, 2.24) is 9.55 Å². The third-order valence-corrected chi connectivity index (χ3v) is 9.24. The van der Waals surface area contributed by atoms with Gasteiger partial charge < -0.3 is 38.7 Å². The number of fused-ring (bicyclic) bond motifs is 4. The van der Waals surface area contributed by atoms with Crippen LogP contribution in [0.3, 0.4) is 0 Å². The van der Waals surface area contributed by atoms with Crippen molar-refractivity contribution < 1.29 is 30.1 Å².